The number of rotatable bonds is 4. The molecule has 3 fully saturated rings. The first-order valence-electron chi connectivity index (χ1n) is 8.10. The lowest BCUT2D eigenvalue weighted by Crippen LogP contribution is -2.57. The molecule has 24 heavy (non-hydrogen) atoms. The predicted octanol–water partition coefficient (Wildman–Crippen LogP) is 2.43. The van der Waals surface area contributed by atoms with Crippen molar-refractivity contribution < 1.29 is 18.3 Å². The first-order chi connectivity index (χ1) is 11.7. The van der Waals surface area contributed by atoms with Gasteiger partial charge in [-0.15, -0.1) is 0 Å². The van der Waals surface area contributed by atoms with Crippen LogP contribution >= 0.6 is 0 Å². The third kappa shape index (κ3) is 3.12. The van der Waals surface area contributed by atoms with Gasteiger partial charge in [0.25, 0.3) is 5.89 Å². The zero-order valence-corrected chi connectivity index (χ0v) is 13.1. The first-order valence-corrected chi connectivity index (χ1v) is 8.10. The minimum Gasteiger partial charge on any atom is -0.425 e. The van der Waals surface area contributed by atoms with Crippen LogP contribution < -0.4 is 10.1 Å². The van der Waals surface area contributed by atoms with E-state index in [1.54, 1.807) is 0 Å². The van der Waals surface area contributed by atoms with Crippen molar-refractivity contribution >= 4 is 5.91 Å². The van der Waals surface area contributed by atoms with Gasteiger partial charge in [-0.3, -0.25) is 4.79 Å². The second-order valence-electron chi connectivity index (χ2n) is 6.26. The van der Waals surface area contributed by atoms with Crippen LogP contribution in [-0.2, 0) is 0 Å². The third-order valence-electron chi connectivity index (χ3n) is 4.68. The molecular weight excluding hydrogens is 313 g/mol. The molecule has 1 N–H and O–H groups in total. The van der Waals surface area contributed by atoms with Gasteiger partial charge in [0.1, 0.15) is 17.8 Å². The van der Waals surface area contributed by atoms with Gasteiger partial charge in [0.15, 0.2) is 0 Å². The van der Waals surface area contributed by atoms with Gasteiger partial charge in [-0.05, 0) is 56.1 Å². The van der Waals surface area contributed by atoms with Crippen LogP contribution in [0.3, 0.4) is 0 Å². The van der Waals surface area contributed by atoms with Gasteiger partial charge in [0, 0.05) is 12.6 Å². The summed E-state index contributed by atoms with van der Waals surface area (Å²) in [6.07, 6.45) is 3.58. The summed E-state index contributed by atoms with van der Waals surface area (Å²) in [7, 11) is 0. The number of fused-ring (bicyclic) bond motifs is 3. The molecule has 126 valence electrons. The molecule has 0 spiro atoms. The zero-order valence-electron chi connectivity index (χ0n) is 13.1. The van der Waals surface area contributed by atoms with Gasteiger partial charge in [-0.2, -0.15) is 0 Å². The summed E-state index contributed by atoms with van der Waals surface area (Å²) in [6.45, 7) is 3.12. The van der Waals surface area contributed by atoms with Crippen molar-refractivity contribution in [3.05, 3.63) is 42.2 Å². The number of hydrogen-bond donors (Lipinski definition) is 1. The van der Waals surface area contributed by atoms with E-state index in [1.807, 2.05) is 0 Å². The van der Waals surface area contributed by atoms with Crippen LogP contribution in [0.4, 0.5) is 4.39 Å². The number of piperidine rings is 3. The largest absolute Gasteiger partial charge is 0.425 e. The van der Waals surface area contributed by atoms with Crippen LogP contribution in [0, 0.1) is 11.7 Å². The molecule has 3 aliphatic rings. The number of ether oxygens (including phenoxy) is 1. The molecule has 1 amide bonds. The second kappa shape index (κ2) is 6.24. The second-order valence-corrected chi connectivity index (χ2v) is 6.26. The molecule has 1 aromatic heterocycles. The number of carbonyl (C=O) groups is 1. The van der Waals surface area contributed by atoms with E-state index in [2.05, 4.69) is 15.2 Å². The summed E-state index contributed by atoms with van der Waals surface area (Å²) in [5.74, 6) is 0.338. The van der Waals surface area contributed by atoms with E-state index in [4.69, 9.17) is 9.15 Å². The summed E-state index contributed by atoms with van der Waals surface area (Å²) in [6, 6.07) is 5.67. The fourth-order valence-corrected chi connectivity index (χ4v) is 3.39. The fraction of sp³-hybridized carbons (Fsp3) is 0.412. The topological polar surface area (TPSA) is 67.6 Å². The average molecular weight is 331 g/mol. The molecule has 0 radical (unpaired) electrons. The summed E-state index contributed by atoms with van der Waals surface area (Å²) in [5, 5.41) is 3.01. The van der Waals surface area contributed by atoms with E-state index >= 15 is 0 Å². The Morgan fingerprint density at radius 1 is 1.29 bits per heavy atom. The molecule has 0 unspecified atom stereocenters. The molecule has 5 rings (SSSR count). The lowest BCUT2D eigenvalue weighted by atomic mass is 9.84. The van der Waals surface area contributed by atoms with Crippen LogP contribution in [0.5, 0.6) is 11.7 Å². The maximum absolute atomic E-state index is 12.9. The monoisotopic (exact) mass is 331 g/mol. The van der Waals surface area contributed by atoms with Crippen LogP contribution in [0.15, 0.2) is 34.9 Å². The van der Waals surface area contributed by atoms with Gasteiger partial charge in [-0.1, -0.05) is 0 Å². The van der Waals surface area contributed by atoms with Crippen LogP contribution in [0.1, 0.15) is 23.5 Å². The summed E-state index contributed by atoms with van der Waals surface area (Å²) < 4.78 is 23.6. The highest BCUT2D eigenvalue weighted by Crippen LogP contribution is 2.28. The molecule has 6 nitrogen and oxygen atoms in total. The quantitative estimate of drug-likeness (QED) is 0.932. The minimum absolute atomic E-state index is 0.0245. The Bertz CT molecular complexity index is 723. The molecular formula is C17H18FN3O3. The number of aromatic nitrogens is 1. The first kappa shape index (κ1) is 15.1. The number of benzene rings is 1. The Balaban J connectivity index is 1.39. The Morgan fingerprint density at radius 3 is 2.71 bits per heavy atom. The molecule has 0 saturated carbocycles. The third-order valence-corrected chi connectivity index (χ3v) is 4.68. The average Bonchev–Trinajstić information content (AvgIpc) is 3.07. The number of oxazole rings is 1. The molecule has 7 heteroatoms. The van der Waals surface area contributed by atoms with Crippen molar-refractivity contribution in [3.8, 4) is 11.7 Å². The van der Waals surface area contributed by atoms with Crippen molar-refractivity contribution in [2.24, 2.45) is 5.92 Å². The number of nitrogens with one attached hydrogen (secondary N) is 1. The van der Waals surface area contributed by atoms with Crippen LogP contribution in [0.25, 0.3) is 0 Å². The fourth-order valence-electron chi connectivity index (χ4n) is 3.39. The number of halogens is 1. The lowest BCUT2D eigenvalue weighted by Gasteiger charge is -2.44. The van der Waals surface area contributed by atoms with Crippen molar-refractivity contribution in [1.29, 1.82) is 0 Å². The highest BCUT2D eigenvalue weighted by Gasteiger charge is 2.35. The van der Waals surface area contributed by atoms with Crippen molar-refractivity contribution in [2.75, 3.05) is 19.6 Å². The van der Waals surface area contributed by atoms with Gasteiger partial charge in [0.05, 0.1) is 0 Å². The van der Waals surface area contributed by atoms with E-state index < -0.39 is 0 Å². The summed E-state index contributed by atoms with van der Waals surface area (Å²) >= 11 is 0. The smallest absolute Gasteiger partial charge is 0.311 e. The molecule has 1 atom stereocenters. The Hall–Kier alpha value is -2.41. The Kier molecular flexibility index (Phi) is 3.93. The SMILES string of the molecule is O=C(N[C@H]1CN2CCC1CC2)c1ncc(Oc2ccc(F)cc2)o1. The van der Waals surface area contributed by atoms with Crippen molar-refractivity contribution in [1.82, 2.24) is 15.2 Å². The maximum atomic E-state index is 12.9. The lowest BCUT2D eigenvalue weighted by molar-refractivity contribution is 0.0599. The molecule has 2 bridgehead atoms. The van der Waals surface area contributed by atoms with E-state index in [9.17, 15) is 9.18 Å². The number of carbonyl (C=O) groups excluding carboxylic acids is 1. The molecule has 1 aromatic carbocycles. The van der Waals surface area contributed by atoms with Crippen LogP contribution in [0.2, 0.25) is 0 Å². The van der Waals surface area contributed by atoms with Crippen molar-refractivity contribution in [3.63, 3.8) is 0 Å². The predicted molar refractivity (Wildman–Crippen MR) is 83.4 cm³/mol. The molecule has 4 heterocycles. The van der Waals surface area contributed by atoms with E-state index in [1.165, 1.54) is 30.5 Å². The van der Waals surface area contributed by atoms with Gasteiger partial charge < -0.3 is 19.4 Å². The highest BCUT2D eigenvalue weighted by atomic mass is 19.1. The minimum atomic E-state index is -0.350. The molecule has 0 aliphatic carbocycles. The highest BCUT2D eigenvalue weighted by molar-refractivity contribution is 5.89. The van der Waals surface area contributed by atoms with Gasteiger partial charge in [0.2, 0.25) is 0 Å². The van der Waals surface area contributed by atoms with E-state index in [-0.39, 0.29) is 29.6 Å². The Morgan fingerprint density at radius 2 is 2.04 bits per heavy atom. The van der Waals surface area contributed by atoms with Gasteiger partial charge in [-0.25, -0.2) is 9.37 Å². The van der Waals surface area contributed by atoms with E-state index in [0.717, 1.165) is 32.5 Å². The summed E-state index contributed by atoms with van der Waals surface area (Å²) in [5.41, 5.74) is 0. The molecule has 3 saturated heterocycles. The Labute approximate surface area is 138 Å². The number of amides is 1. The zero-order chi connectivity index (χ0) is 16.5. The molecule has 2 aromatic rings. The van der Waals surface area contributed by atoms with Crippen molar-refractivity contribution in [2.45, 2.75) is 18.9 Å². The van der Waals surface area contributed by atoms with E-state index in [0.29, 0.717) is 11.7 Å². The normalized spacial score (nSPS) is 25.5. The number of hydrogen-bond acceptors (Lipinski definition) is 5. The molecule has 3 aliphatic heterocycles. The number of nitrogens with zero attached hydrogens (tertiary/aromatic N) is 2. The standard InChI is InChI=1S/C17H18FN3O3/c18-12-1-3-13(4-2-12)23-15-9-19-17(24-15)16(22)20-14-10-21-7-5-11(14)6-8-21/h1-4,9,11,14H,5-8,10H2,(H,20,22)/t14-/m0/s1. The maximum Gasteiger partial charge on any atom is 0.311 e. The van der Waals surface area contributed by atoms with Gasteiger partial charge >= 0.3 is 11.9 Å². The van der Waals surface area contributed by atoms with Crippen LogP contribution in [-0.4, -0.2) is 41.5 Å². The summed E-state index contributed by atoms with van der Waals surface area (Å²) in [4.78, 5) is 18.6.